The minimum atomic E-state index is -1.07. The van der Waals surface area contributed by atoms with Crippen molar-refractivity contribution in [3.63, 3.8) is 0 Å². The van der Waals surface area contributed by atoms with Crippen LogP contribution in [0, 0.1) is 0 Å². The van der Waals surface area contributed by atoms with E-state index in [2.05, 4.69) is 26.6 Å². The third kappa shape index (κ3) is 4.82. The molecule has 0 aromatic heterocycles. The van der Waals surface area contributed by atoms with Crippen LogP contribution in [-0.2, 0) is 4.74 Å². The van der Waals surface area contributed by atoms with Gasteiger partial charge in [0.15, 0.2) is 0 Å². The summed E-state index contributed by atoms with van der Waals surface area (Å²) in [6.45, 7) is 4.00. The Bertz CT molecular complexity index is 517. The van der Waals surface area contributed by atoms with Gasteiger partial charge in [0, 0.05) is 17.3 Å². The zero-order valence-corrected chi connectivity index (χ0v) is 13.1. The van der Waals surface area contributed by atoms with Crippen molar-refractivity contribution in [1.29, 1.82) is 0 Å². The highest BCUT2D eigenvalue weighted by molar-refractivity contribution is 9.10. The molecule has 0 bridgehead atoms. The lowest BCUT2D eigenvalue weighted by Gasteiger charge is -2.25. The Balaban J connectivity index is 2.76. The Labute approximate surface area is 125 Å². The zero-order chi connectivity index (χ0) is 15.3. The molecular weight excluding hydrogens is 328 g/mol. The molecule has 0 saturated carbocycles. The highest BCUT2D eigenvalue weighted by Crippen LogP contribution is 2.21. The minimum Gasteiger partial charge on any atom is -0.478 e. The van der Waals surface area contributed by atoms with E-state index in [1.165, 1.54) is 6.07 Å². The molecule has 0 aliphatic heterocycles. The second kappa shape index (κ2) is 6.71. The molecule has 0 aliphatic rings. The second-order valence-corrected chi connectivity index (χ2v) is 5.75. The maximum atomic E-state index is 11.8. The number of carbonyl (C=O) groups is 2. The van der Waals surface area contributed by atoms with Crippen LogP contribution in [0.5, 0.6) is 0 Å². The van der Waals surface area contributed by atoms with Crippen LogP contribution < -0.4 is 10.6 Å². The van der Waals surface area contributed by atoms with Crippen LogP contribution in [-0.4, -0.2) is 36.4 Å². The first-order chi connectivity index (χ1) is 9.25. The van der Waals surface area contributed by atoms with Crippen molar-refractivity contribution in [3.8, 4) is 0 Å². The normalized spacial score (nSPS) is 11.0. The van der Waals surface area contributed by atoms with Crippen molar-refractivity contribution in [3.05, 3.63) is 28.2 Å². The van der Waals surface area contributed by atoms with E-state index < -0.39 is 17.5 Å². The summed E-state index contributed by atoms with van der Waals surface area (Å²) in [6.07, 6.45) is 0. The zero-order valence-electron chi connectivity index (χ0n) is 11.5. The van der Waals surface area contributed by atoms with Crippen molar-refractivity contribution in [2.45, 2.75) is 19.4 Å². The second-order valence-electron chi connectivity index (χ2n) is 4.90. The average Bonchev–Trinajstić information content (AvgIpc) is 2.30. The number of amides is 2. The Kier molecular flexibility index (Phi) is 5.52. The Morgan fingerprint density at radius 2 is 2.05 bits per heavy atom. The molecular formula is C13H17BrN2O4. The van der Waals surface area contributed by atoms with Gasteiger partial charge in [-0.15, -0.1) is 0 Å². The lowest BCUT2D eigenvalue weighted by Crippen LogP contribution is -2.48. The molecule has 0 unspecified atom stereocenters. The van der Waals surface area contributed by atoms with Gasteiger partial charge < -0.3 is 20.5 Å². The molecule has 1 aromatic rings. The highest BCUT2D eigenvalue weighted by atomic mass is 79.9. The number of carboxylic acid groups (broad SMARTS) is 1. The van der Waals surface area contributed by atoms with Crippen LogP contribution in [0.1, 0.15) is 24.2 Å². The number of halogens is 1. The molecule has 110 valence electrons. The molecule has 6 nitrogen and oxygen atoms in total. The molecule has 3 N–H and O–H groups in total. The van der Waals surface area contributed by atoms with E-state index in [-0.39, 0.29) is 5.56 Å². The number of methoxy groups -OCH3 is 1. The smallest absolute Gasteiger partial charge is 0.336 e. The molecule has 0 spiro atoms. The fraction of sp³-hybridized carbons (Fsp3) is 0.385. The third-order valence-electron chi connectivity index (χ3n) is 2.41. The number of carboxylic acids is 1. The first kappa shape index (κ1) is 16.5. The van der Waals surface area contributed by atoms with Gasteiger partial charge in [0.2, 0.25) is 0 Å². The van der Waals surface area contributed by atoms with Crippen molar-refractivity contribution in [2.24, 2.45) is 0 Å². The molecule has 7 heteroatoms. The SMILES string of the molecule is COCC(C)(C)NC(=O)Nc1ccc(Br)c(C(=O)O)c1. The fourth-order valence-corrected chi connectivity index (χ4v) is 2.05. The quantitative estimate of drug-likeness (QED) is 0.766. The predicted molar refractivity (Wildman–Crippen MR) is 79.2 cm³/mol. The summed E-state index contributed by atoms with van der Waals surface area (Å²) in [7, 11) is 1.55. The lowest BCUT2D eigenvalue weighted by atomic mass is 10.1. The van der Waals surface area contributed by atoms with Gasteiger partial charge in [0.1, 0.15) is 0 Å². The van der Waals surface area contributed by atoms with E-state index in [0.717, 1.165) is 0 Å². The van der Waals surface area contributed by atoms with E-state index in [9.17, 15) is 9.59 Å². The summed E-state index contributed by atoms with van der Waals surface area (Å²) in [5.41, 5.74) is -0.0423. The first-order valence-electron chi connectivity index (χ1n) is 5.86. The van der Waals surface area contributed by atoms with Gasteiger partial charge in [0.05, 0.1) is 17.7 Å². The number of urea groups is 1. The molecule has 1 aromatic carbocycles. The third-order valence-corrected chi connectivity index (χ3v) is 3.10. The monoisotopic (exact) mass is 344 g/mol. The molecule has 0 radical (unpaired) electrons. The minimum absolute atomic E-state index is 0.0824. The van der Waals surface area contributed by atoms with Crippen molar-refractivity contribution < 1.29 is 19.4 Å². The number of anilines is 1. The summed E-state index contributed by atoms with van der Waals surface area (Å²) in [5.74, 6) is -1.07. The largest absolute Gasteiger partial charge is 0.478 e. The van der Waals surface area contributed by atoms with Gasteiger partial charge in [-0.25, -0.2) is 9.59 Å². The van der Waals surface area contributed by atoms with E-state index in [4.69, 9.17) is 9.84 Å². The van der Waals surface area contributed by atoms with Gasteiger partial charge in [-0.05, 0) is 48.0 Å². The highest BCUT2D eigenvalue weighted by Gasteiger charge is 2.20. The van der Waals surface area contributed by atoms with Crippen LogP contribution in [0.3, 0.4) is 0 Å². The number of aromatic carboxylic acids is 1. The van der Waals surface area contributed by atoms with Crippen LogP contribution in [0.25, 0.3) is 0 Å². The molecule has 0 aliphatic carbocycles. The number of rotatable bonds is 5. The van der Waals surface area contributed by atoms with Crippen molar-refractivity contribution >= 4 is 33.6 Å². The van der Waals surface area contributed by atoms with E-state index >= 15 is 0 Å². The van der Waals surface area contributed by atoms with Crippen LogP contribution >= 0.6 is 15.9 Å². The number of hydrogen-bond acceptors (Lipinski definition) is 3. The molecule has 2 amide bonds. The van der Waals surface area contributed by atoms with Gasteiger partial charge in [-0.2, -0.15) is 0 Å². The van der Waals surface area contributed by atoms with Gasteiger partial charge in [0.25, 0.3) is 0 Å². The number of benzene rings is 1. The van der Waals surface area contributed by atoms with Crippen LogP contribution in [0.4, 0.5) is 10.5 Å². The molecule has 0 atom stereocenters. The predicted octanol–water partition coefficient (Wildman–Crippen LogP) is 2.69. The number of hydrogen-bond donors (Lipinski definition) is 3. The van der Waals surface area contributed by atoms with Gasteiger partial charge in [-0.1, -0.05) is 0 Å². The van der Waals surface area contributed by atoms with Crippen molar-refractivity contribution in [1.82, 2.24) is 5.32 Å². The summed E-state index contributed by atoms with van der Waals surface area (Å²) in [5, 5.41) is 14.3. The van der Waals surface area contributed by atoms with Gasteiger partial charge >= 0.3 is 12.0 Å². The van der Waals surface area contributed by atoms with Crippen LogP contribution in [0.15, 0.2) is 22.7 Å². The first-order valence-corrected chi connectivity index (χ1v) is 6.65. The number of ether oxygens (including phenoxy) is 1. The number of carbonyl (C=O) groups excluding carboxylic acids is 1. The van der Waals surface area contributed by atoms with E-state index in [0.29, 0.717) is 16.8 Å². The van der Waals surface area contributed by atoms with E-state index in [1.807, 2.05) is 13.8 Å². The van der Waals surface area contributed by atoms with Gasteiger partial charge in [-0.3, -0.25) is 0 Å². The molecule has 0 saturated heterocycles. The Hall–Kier alpha value is -1.60. The number of nitrogens with one attached hydrogen (secondary N) is 2. The lowest BCUT2D eigenvalue weighted by molar-refractivity contribution is 0.0696. The molecule has 0 heterocycles. The topological polar surface area (TPSA) is 87.7 Å². The summed E-state index contributed by atoms with van der Waals surface area (Å²) >= 11 is 3.14. The molecule has 0 fully saturated rings. The molecule has 1 rings (SSSR count). The summed E-state index contributed by atoms with van der Waals surface area (Å²) < 4.78 is 5.45. The standard InChI is InChI=1S/C13H17BrN2O4/c1-13(2,7-20-3)16-12(19)15-8-4-5-10(14)9(6-8)11(17)18/h4-6H,7H2,1-3H3,(H,17,18)(H2,15,16,19). The van der Waals surface area contributed by atoms with Crippen LogP contribution in [0.2, 0.25) is 0 Å². The average molecular weight is 345 g/mol. The van der Waals surface area contributed by atoms with E-state index in [1.54, 1.807) is 19.2 Å². The Morgan fingerprint density at radius 3 is 2.60 bits per heavy atom. The summed E-state index contributed by atoms with van der Waals surface area (Å²) in [6, 6.07) is 4.14. The maximum Gasteiger partial charge on any atom is 0.336 e. The maximum absolute atomic E-state index is 11.8. The summed E-state index contributed by atoms with van der Waals surface area (Å²) in [4.78, 5) is 22.8. The van der Waals surface area contributed by atoms with Crippen molar-refractivity contribution in [2.75, 3.05) is 19.0 Å². The fourth-order valence-electron chi connectivity index (χ4n) is 1.63. The molecule has 20 heavy (non-hydrogen) atoms. The Morgan fingerprint density at radius 1 is 1.40 bits per heavy atom.